The van der Waals surface area contributed by atoms with Gasteiger partial charge in [-0.05, 0) is 37.1 Å². The Morgan fingerprint density at radius 1 is 1.24 bits per heavy atom. The molecule has 0 saturated heterocycles. The van der Waals surface area contributed by atoms with Crippen molar-refractivity contribution >= 4 is 17.6 Å². The van der Waals surface area contributed by atoms with Crippen molar-refractivity contribution < 1.29 is 9.90 Å². The number of nitrogens with one attached hydrogen (secondary N) is 1. The summed E-state index contributed by atoms with van der Waals surface area (Å²) in [6.07, 6.45) is 0. The van der Waals surface area contributed by atoms with Gasteiger partial charge in [0.15, 0.2) is 0 Å². The van der Waals surface area contributed by atoms with Gasteiger partial charge in [-0.15, -0.1) is 0 Å². The number of hydrogen-bond donors (Lipinski definition) is 2. The van der Waals surface area contributed by atoms with E-state index >= 15 is 0 Å². The SMILES string of the molecule is C=O.CNC(C)c1ccc2c(O)cccc2c1. The summed E-state index contributed by atoms with van der Waals surface area (Å²) < 4.78 is 0. The zero-order chi connectivity index (χ0) is 12.8. The average molecular weight is 231 g/mol. The van der Waals surface area contributed by atoms with Crippen LogP contribution in [0.5, 0.6) is 5.75 Å². The van der Waals surface area contributed by atoms with Crippen LogP contribution >= 0.6 is 0 Å². The smallest absolute Gasteiger partial charge is 0.123 e. The Balaban J connectivity index is 0.000000686. The molecule has 0 aliphatic carbocycles. The van der Waals surface area contributed by atoms with Crippen molar-refractivity contribution in [2.75, 3.05) is 7.05 Å². The standard InChI is InChI=1S/C13H15NO.CH2O/c1-9(14-2)10-6-7-12-11(8-10)4-3-5-13(12)15;1-2/h3-9,14-15H,1-2H3;1H2. The van der Waals surface area contributed by atoms with Crippen LogP contribution in [-0.4, -0.2) is 18.9 Å². The highest BCUT2D eigenvalue weighted by molar-refractivity contribution is 5.88. The van der Waals surface area contributed by atoms with Crippen molar-refractivity contribution in [1.29, 1.82) is 0 Å². The molecule has 3 nitrogen and oxygen atoms in total. The minimum Gasteiger partial charge on any atom is -0.507 e. The van der Waals surface area contributed by atoms with Crippen molar-refractivity contribution in [2.24, 2.45) is 0 Å². The van der Waals surface area contributed by atoms with Gasteiger partial charge in [0.05, 0.1) is 0 Å². The maximum Gasteiger partial charge on any atom is 0.123 e. The van der Waals surface area contributed by atoms with E-state index in [2.05, 4.69) is 18.3 Å². The lowest BCUT2D eigenvalue weighted by molar-refractivity contribution is -0.0979. The van der Waals surface area contributed by atoms with Gasteiger partial charge in [0.25, 0.3) is 0 Å². The molecule has 0 aromatic heterocycles. The van der Waals surface area contributed by atoms with Crippen LogP contribution in [0.25, 0.3) is 10.8 Å². The van der Waals surface area contributed by atoms with E-state index in [1.165, 1.54) is 5.56 Å². The number of phenols is 1. The predicted octanol–water partition coefficient (Wildman–Crippen LogP) is 2.64. The third-order valence-corrected chi connectivity index (χ3v) is 2.81. The van der Waals surface area contributed by atoms with Crippen LogP contribution in [0.1, 0.15) is 18.5 Å². The molecule has 17 heavy (non-hydrogen) atoms. The molecule has 3 heteroatoms. The Morgan fingerprint density at radius 3 is 2.59 bits per heavy atom. The van der Waals surface area contributed by atoms with Crippen molar-refractivity contribution in [2.45, 2.75) is 13.0 Å². The number of aromatic hydroxyl groups is 1. The van der Waals surface area contributed by atoms with Crippen molar-refractivity contribution in [3.63, 3.8) is 0 Å². The van der Waals surface area contributed by atoms with Gasteiger partial charge in [-0.1, -0.05) is 24.3 Å². The third-order valence-electron chi connectivity index (χ3n) is 2.81. The van der Waals surface area contributed by atoms with Gasteiger partial charge in [-0.2, -0.15) is 0 Å². The number of phenolic OH excluding ortho intramolecular Hbond substituents is 1. The number of rotatable bonds is 2. The maximum atomic E-state index is 9.64. The minimum absolute atomic E-state index is 0.330. The summed E-state index contributed by atoms with van der Waals surface area (Å²) in [5, 5.41) is 14.8. The Bertz CT molecular complexity index is 497. The van der Waals surface area contributed by atoms with E-state index in [4.69, 9.17) is 4.79 Å². The molecular formula is C14H17NO2. The van der Waals surface area contributed by atoms with E-state index in [0.29, 0.717) is 11.8 Å². The summed E-state index contributed by atoms with van der Waals surface area (Å²) in [4.78, 5) is 8.00. The Labute approximate surface area is 101 Å². The van der Waals surface area contributed by atoms with Crippen LogP contribution in [0.4, 0.5) is 0 Å². The highest BCUT2D eigenvalue weighted by Gasteiger charge is 2.04. The highest BCUT2D eigenvalue weighted by Crippen LogP contribution is 2.26. The summed E-state index contributed by atoms with van der Waals surface area (Å²) in [6.45, 7) is 4.12. The lowest BCUT2D eigenvalue weighted by Gasteiger charge is -2.11. The molecule has 2 N–H and O–H groups in total. The molecular weight excluding hydrogens is 214 g/mol. The minimum atomic E-state index is 0.330. The molecule has 0 fully saturated rings. The lowest BCUT2D eigenvalue weighted by atomic mass is 10.0. The van der Waals surface area contributed by atoms with Gasteiger partial charge in [-0.25, -0.2) is 0 Å². The van der Waals surface area contributed by atoms with Crippen molar-refractivity contribution in [3.05, 3.63) is 42.0 Å². The molecule has 0 aliphatic heterocycles. The number of fused-ring (bicyclic) bond motifs is 1. The van der Waals surface area contributed by atoms with Crippen LogP contribution in [0, 0.1) is 0 Å². The molecule has 2 aromatic carbocycles. The van der Waals surface area contributed by atoms with E-state index in [1.54, 1.807) is 6.07 Å². The fourth-order valence-corrected chi connectivity index (χ4v) is 1.72. The molecule has 0 aliphatic rings. The quantitative estimate of drug-likeness (QED) is 0.835. The second-order valence-electron chi connectivity index (χ2n) is 3.77. The van der Waals surface area contributed by atoms with Gasteiger partial charge in [-0.3, -0.25) is 0 Å². The topological polar surface area (TPSA) is 49.3 Å². The van der Waals surface area contributed by atoms with Crippen LogP contribution in [0.3, 0.4) is 0 Å². The molecule has 2 rings (SSSR count). The molecule has 2 aromatic rings. The monoisotopic (exact) mass is 231 g/mol. The summed E-state index contributed by atoms with van der Waals surface area (Å²) in [5.41, 5.74) is 1.23. The summed E-state index contributed by atoms with van der Waals surface area (Å²) in [7, 11) is 1.94. The molecule has 1 atom stereocenters. The number of hydrogen-bond acceptors (Lipinski definition) is 3. The molecule has 0 spiro atoms. The molecule has 90 valence electrons. The van der Waals surface area contributed by atoms with E-state index < -0.39 is 0 Å². The lowest BCUT2D eigenvalue weighted by Crippen LogP contribution is -2.11. The number of benzene rings is 2. The second kappa shape index (κ2) is 6.01. The van der Waals surface area contributed by atoms with Gasteiger partial charge < -0.3 is 15.2 Å². The zero-order valence-corrected chi connectivity index (χ0v) is 10.1. The van der Waals surface area contributed by atoms with Crippen molar-refractivity contribution in [1.82, 2.24) is 5.32 Å². The molecule has 0 saturated carbocycles. The summed E-state index contributed by atoms with van der Waals surface area (Å²) in [5.74, 6) is 0.344. The number of carbonyl (C=O) groups excluding carboxylic acids is 1. The van der Waals surface area contributed by atoms with E-state index in [1.807, 2.05) is 38.1 Å². The first-order valence-corrected chi connectivity index (χ1v) is 5.40. The van der Waals surface area contributed by atoms with Crippen LogP contribution in [-0.2, 0) is 4.79 Å². The van der Waals surface area contributed by atoms with E-state index in [0.717, 1.165) is 10.8 Å². The molecule has 0 amide bonds. The van der Waals surface area contributed by atoms with E-state index in [-0.39, 0.29) is 0 Å². The second-order valence-corrected chi connectivity index (χ2v) is 3.77. The third kappa shape index (κ3) is 2.82. The number of carbonyl (C=O) groups is 1. The first kappa shape index (κ1) is 13.2. The zero-order valence-electron chi connectivity index (χ0n) is 10.1. The first-order chi connectivity index (χ1) is 8.22. The highest BCUT2D eigenvalue weighted by atomic mass is 16.3. The van der Waals surface area contributed by atoms with Gasteiger partial charge in [0.1, 0.15) is 12.5 Å². The Kier molecular flexibility index (Phi) is 4.67. The maximum absolute atomic E-state index is 9.64. The fraction of sp³-hybridized carbons (Fsp3) is 0.214. The van der Waals surface area contributed by atoms with Crippen molar-refractivity contribution in [3.8, 4) is 5.75 Å². The molecule has 0 heterocycles. The largest absolute Gasteiger partial charge is 0.507 e. The Morgan fingerprint density at radius 2 is 1.94 bits per heavy atom. The van der Waals surface area contributed by atoms with Crippen LogP contribution in [0.2, 0.25) is 0 Å². The Hall–Kier alpha value is -1.87. The van der Waals surface area contributed by atoms with Gasteiger partial charge >= 0.3 is 0 Å². The summed E-state index contributed by atoms with van der Waals surface area (Å²) >= 11 is 0. The summed E-state index contributed by atoms with van der Waals surface area (Å²) in [6, 6.07) is 12.0. The average Bonchev–Trinajstić information content (AvgIpc) is 2.40. The van der Waals surface area contributed by atoms with Gasteiger partial charge in [0.2, 0.25) is 0 Å². The molecule has 0 bridgehead atoms. The van der Waals surface area contributed by atoms with Crippen LogP contribution < -0.4 is 5.32 Å². The van der Waals surface area contributed by atoms with E-state index in [9.17, 15) is 5.11 Å². The normalized spacial score (nSPS) is 11.6. The predicted molar refractivity (Wildman–Crippen MR) is 70.2 cm³/mol. The van der Waals surface area contributed by atoms with Crippen LogP contribution in [0.15, 0.2) is 36.4 Å². The fourth-order valence-electron chi connectivity index (χ4n) is 1.72. The molecule has 0 radical (unpaired) electrons. The molecule has 1 unspecified atom stereocenters. The van der Waals surface area contributed by atoms with Gasteiger partial charge in [0, 0.05) is 11.4 Å². The first-order valence-electron chi connectivity index (χ1n) is 5.40.